The molecule has 1 nitrogen and oxygen atoms in total. The fraction of sp³-hybridized carbons (Fsp3) is 0.286. The lowest BCUT2D eigenvalue weighted by Gasteiger charge is -2.17. The molecule has 5 heteroatoms. The summed E-state index contributed by atoms with van der Waals surface area (Å²) in [6.45, 7) is 2.72. The quantitative estimate of drug-likeness (QED) is 0.829. The lowest BCUT2D eigenvalue weighted by molar-refractivity contribution is 0.500. The van der Waals surface area contributed by atoms with Crippen molar-refractivity contribution in [2.45, 2.75) is 19.4 Å². The van der Waals surface area contributed by atoms with Crippen molar-refractivity contribution in [1.82, 2.24) is 5.32 Å². The van der Waals surface area contributed by atoms with Crippen LogP contribution in [0.15, 0.2) is 33.4 Å². The molecule has 1 atom stereocenters. The number of thiophene rings is 1. The van der Waals surface area contributed by atoms with Crippen LogP contribution in [0.2, 0.25) is 0 Å². The second kappa shape index (κ2) is 6.59. The van der Waals surface area contributed by atoms with E-state index in [0.717, 1.165) is 15.9 Å². The Morgan fingerprint density at radius 3 is 2.53 bits per heavy atom. The van der Waals surface area contributed by atoms with E-state index < -0.39 is 11.6 Å². The maximum Gasteiger partial charge on any atom is 0.129 e. The first-order chi connectivity index (χ1) is 9.11. The Kier molecular flexibility index (Phi) is 5.07. The molecule has 1 heterocycles. The molecule has 0 saturated heterocycles. The average molecular weight is 346 g/mol. The molecule has 0 amide bonds. The molecule has 0 fully saturated rings. The van der Waals surface area contributed by atoms with Crippen LogP contribution in [0.25, 0.3) is 0 Å². The molecule has 0 bridgehead atoms. The molecule has 0 spiro atoms. The first kappa shape index (κ1) is 14.6. The molecule has 0 saturated carbocycles. The van der Waals surface area contributed by atoms with Gasteiger partial charge in [-0.2, -0.15) is 0 Å². The van der Waals surface area contributed by atoms with Crippen molar-refractivity contribution in [3.05, 3.63) is 56.2 Å². The Bertz CT molecular complexity index is 536. The fourth-order valence-corrected chi connectivity index (χ4v) is 3.22. The van der Waals surface area contributed by atoms with Gasteiger partial charge < -0.3 is 5.32 Å². The van der Waals surface area contributed by atoms with Crippen LogP contribution in [0.1, 0.15) is 24.1 Å². The molecule has 1 unspecified atom stereocenters. The van der Waals surface area contributed by atoms with Crippen LogP contribution in [0.4, 0.5) is 8.78 Å². The van der Waals surface area contributed by atoms with Gasteiger partial charge in [0.25, 0.3) is 0 Å². The molecular formula is C14H14BrF2NS. The number of hydrogen-bond donors (Lipinski definition) is 1. The summed E-state index contributed by atoms with van der Waals surface area (Å²) < 4.78 is 28.4. The Morgan fingerprint density at radius 1 is 1.32 bits per heavy atom. The van der Waals surface area contributed by atoms with Gasteiger partial charge in [0, 0.05) is 11.6 Å². The van der Waals surface area contributed by atoms with Crippen LogP contribution >= 0.6 is 27.3 Å². The van der Waals surface area contributed by atoms with E-state index in [1.54, 1.807) is 11.3 Å². The van der Waals surface area contributed by atoms with Crippen molar-refractivity contribution in [1.29, 1.82) is 0 Å². The van der Waals surface area contributed by atoms with E-state index in [1.807, 2.05) is 18.4 Å². The number of hydrogen-bond acceptors (Lipinski definition) is 2. The van der Waals surface area contributed by atoms with Crippen molar-refractivity contribution in [3.63, 3.8) is 0 Å². The molecule has 2 aromatic rings. The van der Waals surface area contributed by atoms with E-state index in [4.69, 9.17) is 0 Å². The van der Waals surface area contributed by atoms with Gasteiger partial charge in [-0.1, -0.05) is 13.0 Å². The molecule has 2 rings (SSSR count). The first-order valence-electron chi connectivity index (χ1n) is 6.02. The van der Waals surface area contributed by atoms with Crippen molar-refractivity contribution in [3.8, 4) is 0 Å². The van der Waals surface area contributed by atoms with Crippen molar-refractivity contribution in [2.75, 3.05) is 6.54 Å². The highest BCUT2D eigenvalue weighted by molar-refractivity contribution is 9.11. The highest BCUT2D eigenvalue weighted by Gasteiger charge is 2.17. The van der Waals surface area contributed by atoms with Crippen LogP contribution < -0.4 is 5.32 Å². The zero-order valence-electron chi connectivity index (χ0n) is 10.4. The van der Waals surface area contributed by atoms with Gasteiger partial charge in [0.1, 0.15) is 11.6 Å². The smallest absolute Gasteiger partial charge is 0.129 e. The summed E-state index contributed by atoms with van der Waals surface area (Å²) in [4.78, 5) is 0. The molecule has 19 heavy (non-hydrogen) atoms. The second-order valence-electron chi connectivity index (χ2n) is 4.20. The highest BCUT2D eigenvalue weighted by Crippen LogP contribution is 2.28. The summed E-state index contributed by atoms with van der Waals surface area (Å²) in [5.74, 6) is -0.977. The van der Waals surface area contributed by atoms with Gasteiger partial charge in [-0.05, 0) is 58.0 Å². The third-order valence-electron chi connectivity index (χ3n) is 2.91. The minimum Gasteiger partial charge on any atom is -0.310 e. The summed E-state index contributed by atoms with van der Waals surface area (Å²) in [5, 5.41) is 5.26. The van der Waals surface area contributed by atoms with Crippen molar-refractivity contribution in [2.24, 2.45) is 0 Å². The zero-order chi connectivity index (χ0) is 13.8. The topological polar surface area (TPSA) is 12.0 Å². The largest absolute Gasteiger partial charge is 0.310 e. The zero-order valence-corrected chi connectivity index (χ0v) is 12.8. The van der Waals surface area contributed by atoms with Gasteiger partial charge in [-0.3, -0.25) is 0 Å². The summed E-state index contributed by atoms with van der Waals surface area (Å²) in [5.41, 5.74) is 1.18. The van der Waals surface area contributed by atoms with Gasteiger partial charge in [-0.15, -0.1) is 11.3 Å². The Hall–Kier alpha value is -0.780. The maximum absolute atomic E-state index is 13.7. The Morgan fingerprint density at radius 2 is 2.00 bits per heavy atom. The minimum absolute atomic E-state index is 0.0843. The van der Waals surface area contributed by atoms with E-state index in [0.29, 0.717) is 6.42 Å². The van der Waals surface area contributed by atoms with E-state index in [-0.39, 0.29) is 11.6 Å². The lowest BCUT2D eigenvalue weighted by atomic mass is 10.0. The van der Waals surface area contributed by atoms with Gasteiger partial charge in [0.15, 0.2) is 0 Å². The number of rotatable bonds is 5. The lowest BCUT2D eigenvalue weighted by Crippen LogP contribution is -2.23. The highest BCUT2D eigenvalue weighted by atomic mass is 79.9. The van der Waals surface area contributed by atoms with Crippen LogP contribution in [0, 0.1) is 11.6 Å². The van der Waals surface area contributed by atoms with Crippen LogP contribution in [0.3, 0.4) is 0 Å². The molecule has 0 radical (unpaired) electrons. The van der Waals surface area contributed by atoms with Crippen LogP contribution in [-0.2, 0) is 6.42 Å². The normalized spacial score (nSPS) is 12.6. The maximum atomic E-state index is 13.7. The predicted molar refractivity (Wildman–Crippen MR) is 78.5 cm³/mol. The minimum atomic E-state index is -0.489. The predicted octanol–water partition coefficient (Wildman–Crippen LogP) is 4.68. The number of benzene rings is 1. The summed E-state index contributed by atoms with van der Waals surface area (Å²) >= 11 is 4.98. The first-order valence-corrected chi connectivity index (χ1v) is 7.69. The van der Waals surface area contributed by atoms with Gasteiger partial charge in [-0.25, -0.2) is 8.78 Å². The van der Waals surface area contributed by atoms with E-state index >= 15 is 0 Å². The Labute approximate surface area is 123 Å². The number of halogens is 3. The molecule has 0 aliphatic carbocycles. The molecule has 102 valence electrons. The molecule has 1 aromatic carbocycles. The fourth-order valence-electron chi connectivity index (χ4n) is 1.99. The number of likely N-dealkylation sites (N-methyl/N-ethyl adjacent to an activating group) is 1. The molecule has 0 aliphatic heterocycles. The number of nitrogens with one attached hydrogen (secondary N) is 1. The van der Waals surface area contributed by atoms with E-state index in [2.05, 4.69) is 21.2 Å². The molecule has 1 aromatic heterocycles. The SMILES string of the molecule is CCNC(Cc1c(F)cccc1F)c1csc(Br)c1. The third kappa shape index (κ3) is 3.61. The van der Waals surface area contributed by atoms with Gasteiger partial charge >= 0.3 is 0 Å². The van der Waals surface area contributed by atoms with E-state index in [1.165, 1.54) is 18.2 Å². The summed E-state index contributed by atoms with van der Waals surface area (Å²) in [6.07, 6.45) is 0.301. The Balaban J connectivity index is 2.26. The van der Waals surface area contributed by atoms with Crippen LogP contribution in [0.5, 0.6) is 0 Å². The standard InChI is InChI=1S/C14H14BrF2NS/c1-2-18-13(9-6-14(15)19-8-9)7-10-11(16)4-3-5-12(10)17/h3-6,8,13,18H,2,7H2,1H3. The molecular weight excluding hydrogens is 332 g/mol. The summed E-state index contributed by atoms with van der Waals surface area (Å²) in [7, 11) is 0. The summed E-state index contributed by atoms with van der Waals surface area (Å²) in [6, 6.07) is 5.88. The van der Waals surface area contributed by atoms with Crippen molar-refractivity contribution < 1.29 is 8.78 Å². The average Bonchev–Trinajstić information content (AvgIpc) is 2.79. The van der Waals surface area contributed by atoms with E-state index in [9.17, 15) is 8.78 Å². The van der Waals surface area contributed by atoms with Crippen molar-refractivity contribution >= 4 is 27.3 Å². The molecule has 0 aliphatic rings. The second-order valence-corrected chi connectivity index (χ2v) is 6.49. The van der Waals surface area contributed by atoms with Gasteiger partial charge in [0.05, 0.1) is 3.79 Å². The molecule has 1 N–H and O–H groups in total. The van der Waals surface area contributed by atoms with Crippen LogP contribution in [-0.4, -0.2) is 6.54 Å². The monoisotopic (exact) mass is 345 g/mol. The van der Waals surface area contributed by atoms with Gasteiger partial charge in [0.2, 0.25) is 0 Å². The third-order valence-corrected chi connectivity index (χ3v) is 4.43.